The van der Waals surface area contributed by atoms with Gasteiger partial charge in [-0.3, -0.25) is 4.79 Å². The lowest BCUT2D eigenvalue weighted by molar-refractivity contribution is -0.119. The molecule has 1 aromatic heterocycles. The lowest BCUT2D eigenvalue weighted by Crippen LogP contribution is -2.43. The summed E-state index contributed by atoms with van der Waals surface area (Å²) < 4.78 is 13.2. The second-order valence-electron chi connectivity index (χ2n) is 7.75. The van der Waals surface area contributed by atoms with Crippen molar-refractivity contribution in [2.45, 2.75) is 26.1 Å². The fourth-order valence-electron chi connectivity index (χ4n) is 3.85. The highest BCUT2D eigenvalue weighted by atomic mass is 35.5. The van der Waals surface area contributed by atoms with Crippen LogP contribution >= 0.6 is 11.6 Å². The molecule has 0 aliphatic heterocycles. The van der Waals surface area contributed by atoms with E-state index in [1.807, 2.05) is 78.2 Å². The summed E-state index contributed by atoms with van der Waals surface area (Å²) in [5.41, 5.74) is 2.53. The number of methoxy groups -OCH3 is 1. The minimum absolute atomic E-state index is 0.0540. The van der Waals surface area contributed by atoms with Crippen LogP contribution in [0, 0.1) is 0 Å². The van der Waals surface area contributed by atoms with Crippen LogP contribution in [-0.4, -0.2) is 35.2 Å². The zero-order valence-corrected chi connectivity index (χ0v) is 19.4. The van der Waals surface area contributed by atoms with E-state index >= 15 is 0 Å². The number of anilines is 1. The van der Waals surface area contributed by atoms with E-state index in [1.54, 1.807) is 24.1 Å². The van der Waals surface area contributed by atoms with Crippen LogP contribution in [-0.2, 0) is 22.7 Å². The SMILES string of the molecule is COC[C@H](C)N(C(=O)Cn1c(COc2ccc(Cl)cc2)nc2ccccc21)c1ccccc1. The fourth-order valence-corrected chi connectivity index (χ4v) is 3.98. The van der Waals surface area contributed by atoms with Crippen molar-refractivity contribution < 1.29 is 14.3 Å². The highest BCUT2D eigenvalue weighted by molar-refractivity contribution is 6.30. The van der Waals surface area contributed by atoms with Crippen LogP contribution in [0.15, 0.2) is 78.9 Å². The molecular weight excluding hydrogens is 438 g/mol. The molecule has 0 saturated carbocycles. The Morgan fingerprint density at radius 1 is 1.03 bits per heavy atom. The Labute approximate surface area is 198 Å². The van der Waals surface area contributed by atoms with Crippen LogP contribution in [0.5, 0.6) is 5.75 Å². The van der Waals surface area contributed by atoms with Crippen LogP contribution in [0.4, 0.5) is 5.69 Å². The van der Waals surface area contributed by atoms with Crippen LogP contribution in [0.25, 0.3) is 11.0 Å². The van der Waals surface area contributed by atoms with Crippen molar-refractivity contribution in [1.82, 2.24) is 9.55 Å². The van der Waals surface area contributed by atoms with Crippen molar-refractivity contribution >= 4 is 34.2 Å². The van der Waals surface area contributed by atoms with Gasteiger partial charge in [0.1, 0.15) is 24.7 Å². The molecule has 0 aliphatic rings. The molecule has 0 saturated heterocycles. The quantitative estimate of drug-likeness (QED) is 0.336. The maximum absolute atomic E-state index is 13.6. The molecule has 4 rings (SSSR count). The Kier molecular flexibility index (Phi) is 7.27. The molecule has 0 N–H and O–H groups in total. The predicted octanol–water partition coefficient (Wildman–Crippen LogP) is 5.34. The molecule has 3 aromatic carbocycles. The Hall–Kier alpha value is -3.35. The van der Waals surface area contributed by atoms with E-state index in [1.165, 1.54) is 0 Å². The second-order valence-corrected chi connectivity index (χ2v) is 8.19. The largest absolute Gasteiger partial charge is 0.486 e. The molecule has 170 valence electrons. The third kappa shape index (κ3) is 5.35. The summed E-state index contributed by atoms with van der Waals surface area (Å²) in [4.78, 5) is 20.1. The minimum atomic E-state index is -0.131. The number of aromatic nitrogens is 2. The van der Waals surface area contributed by atoms with Gasteiger partial charge in [-0.05, 0) is 55.5 Å². The summed E-state index contributed by atoms with van der Waals surface area (Å²) in [7, 11) is 1.64. The number of ether oxygens (including phenoxy) is 2. The van der Waals surface area contributed by atoms with Gasteiger partial charge in [0.05, 0.1) is 23.7 Å². The molecule has 1 amide bonds. The third-order valence-corrected chi connectivity index (χ3v) is 5.61. The summed E-state index contributed by atoms with van der Waals surface area (Å²) in [6, 6.07) is 24.5. The maximum atomic E-state index is 13.6. The smallest absolute Gasteiger partial charge is 0.247 e. The first-order valence-corrected chi connectivity index (χ1v) is 11.1. The number of para-hydroxylation sites is 3. The summed E-state index contributed by atoms with van der Waals surface area (Å²) in [6.45, 7) is 2.76. The van der Waals surface area contributed by atoms with E-state index in [0.29, 0.717) is 23.2 Å². The van der Waals surface area contributed by atoms with Gasteiger partial charge >= 0.3 is 0 Å². The van der Waals surface area contributed by atoms with Crippen LogP contribution < -0.4 is 9.64 Å². The van der Waals surface area contributed by atoms with Crippen molar-refractivity contribution in [3.63, 3.8) is 0 Å². The van der Waals surface area contributed by atoms with Gasteiger partial charge in [-0.1, -0.05) is 41.9 Å². The molecule has 1 atom stereocenters. The van der Waals surface area contributed by atoms with Gasteiger partial charge in [0.2, 0.25) is 5.91 Å². The van der Waals surface area contributed by atoms with Crippen LogP contribution in [0.1, 0.15) is 12.7 Å². The minimum Gasteiger partial charge on any atom is -0.486 e. The average Bonchev–Trinajstić information content (AvgIpc) is 3.17. The summed E-state index contributed by atoms with van der Waals surface area (Å²) in [5, 5.41) is 0.645. The molecule has 0 spiro atoms. The number of fused-ring (bicyclic) bond motifs is 1. The fraction of sp³-hybridized carbons (Fsp3) is 0.231. The zero-order valence-electron chi connectivity index (χ0n) is 18.6. The first kappa shape index (κ1) is 22.8. The molecular formula is C26H26ClN3O3. The van der Waals surface area contributed by atoms with Gasteiger partial charge in [0.15, 0.2) is 0 Å². The third-order valence-electron chi connectivity index (χ3n) is 5.36. The van der Waals surface area contributed by atoms with E-state index in [4.69, 9.17) is 26.1 Å². The van der Waals surface area contributed by atoms with Crippen molar-refractivity contribution in [3.05, 3.63) is 89.7 Å². The monoisotopic (exact) mass is 463 g/mol. The van der Waals surface area contributed by atoms with E-state index in [0.717, 1.165) is 16.7 Å². The summed E-state index contributed by atoms with van der Waals surface area (Å²) in [5.74, 6) is 1.30. The molecule has 4 aromatic rings. The Balaban J connectivity index is 1.63. The van der Waals surface area contributed by atoms with Gasteiger partial charge in [-0.25, -0.2) is 4.98 Å². The van der Waals surface area contributed by atoms with E-state index in [-0.39, 0.29) is 25.1 Å². The summed E-state index contributed by atoms with van der Waals surface area (Å²) in [6.07, 6.45) is 0. The number of halogens is 1. The van der Waals surface area contributed by atoms with Gasteiger partial charge in [-0.15, -0.1) is 0 Å². The van der Waals surface area contributed by atoms with Gasteiger partial charge < -0.3 is 18.9 Å². The Bertz CT molecular complexity index is 1210. The van der Waals surface area contributed by atoms with Crippen LogP contribution in [0.2, 0.25) is 5.02 Å². The number of carbonyl (C=O) groups is 1. The lowest BCUT2D eigenvalue weighted by atomic mass is 10.2. The first-order chi connectivity index (χ1) is 16.1. The molecule has 0 fully saturated rings. The lowest BCUT2D eigenvalue weighted by Gasteiger charge is -2.29. The predicted molar refractivity (Wildman–Crippen MR) is 131 cm³/mol. The van der Waals surface area contributed by atoms with E-state index in [2.05, 4.69) is 0 Å². The number of amides is 1. The number of nitrogens with zero attached hydrogens (tertiary/aromatic N) is 3. The highest BCUT2D eigenvalue weighted by Gasteiger charge is 2.24. The molecule has 0 radical (unpaired) electrons. The molecule has 1 heterocycles. The second kappa shape index (κ2) is 10.5. The number of rotatable bonds is 9. The van der Waals surface area contributed by atoms with Crippen molar-refractivity contribution in [2.24, 2.45) is 0 Å². The zero-order chi connectivity index (χ0) is 23.2. The number of imidazole rings is 1. The normalized spacial score (nSPS) is 12.0. The molecule has 6 nitrogen and oxygen atoms in total. The topological polar surface area (TPSA) is 56.6 Å². The Morgan fingerprint density at radius 3 is 2.45 bits per heavy atom. The number of hydrogen-bond donors (Lipinski definition) is 0. The summed E-state index contributed by atoms with van der Waals surface area (Å²) >= 11 is 5.97. The molecule has 0 aliphatic carbocycles. The van der Waals surface area contributed by atoms with Gasteiger partial charge in [0, 0.05) is 17.8 Å². The highest BCUT2D eigenvalue weighted by Crippen LogP contribution is 2.22. The molecule has 0 unspecified atom stereocenters. The first-order valence-electron chi connectivity index (χ1n) is 10.8. The van der Waals surface area contributed by atoms with Gasteiger partial charge in [0.25, 0.3) is 0 Å². The molecule has 7 heteroatoms. The number of benzene rings is 3. The molecule has 33 heavy (non-hydrogen) atoms. The molecule has 0 bridgehead atoms. The number of carbonyl (C=O) groups excluding carboxylic acids is 1. The standard InChI is InChI=1S/C26H26ClN3O3/c1-19(17-32-2)30(21-8-4-3-5-9-21)26(31)16-29-24-11-7-6-10-23(24)28-25(29)18-33-22-14-12-20(27)13-15-22/h3-15,19H,16-18H2,1-2H3/t19-/m0/s1. The van der Waals surface area contributed by atoms with Crippen molar-refractivity contribution in [1.29, 1.82) is 0 Å². The average molecular weight is 464 g/mol. The van der Waals surface area contributed by atoms with E-state index in [9.17, 15) is 4.79 Å². The Morgan fingerprint density at radius 2 is 1.73 bits per heavy atom. The van der Waals surface area contributed by atoms with Crippen molar-refractivity contribution in [2.75, 3.05) is 18.6 Å². The number of hydrogen-bond acceptors (Lipinski definition) is 4. The van der Waals surface area contributed by atoms with Gasteiger partial charge in [-0.2, -0.15) is 0 Å². The van der Waals surface area contributed by atoms with E-state index < -0.39 is 0 Å². The van der Waals surface area contributed by atoms with Crippen LogP contribution in [0.3, 0.4) is 0 Å². The maximum Gasteiger partial charge on any atom is 0.247 e. The van der Waals surface area contributed by atoms with Crippen molar-refractivity contribution in [3.8, 4) is 5.75 Å².